The van der Waals surface area contributed by atoms with Gasteiger partial charge in [0.1, 0.15) is 5.82 Å². The van der Waals surface area contributed by atoms with Crippen LogP contribution in [-0.2, 0) is 12.4 Å². The molecular weight excluding hydrogens is 266 g/mol. The first-order valence-electron chi connectivity index (χ1n) is 5.67. The Morgan fingerprint density at radius 3 is 3.00 bits per heavy atom. The van der Waals surface area contributed by atoms with Crippen LogP contribution >= 0.6 is 22.9 Å². The lowest BCUT2D eigenvalue weighted by molar-refractivity contribution is 0.761. The fraction of sp³-hybridized carbons (Fsp3) is 0.231. The zero-order chi connectivity index (χ0) is 12.5. The van der Waals surface area contributed by atoms with Crippen molar-refractivity contribution in [3.05, 3.63) is 46.2 Å². The van der Waals surface area contributed by atoms with Gasteiger partial charge < -0.3 is 4.57 Å². The Labute approximate surface area is 114 Å². The minimum atomic E-state index is 0.415. The lowest BCUT2D eigenvalue weighted by Gasteiger charge is -2.07. The number of alkyl halides is 1. The largest absolute Gasteiger partial charge is 0.321 e. The minimum absolute atomic E-state index is 0.415. The molecule has 0 saturated heterocycles. The number of hydrogen-bond acceptors (Lipinski definition) is 3. The van der Waals surface area contributed by atoms with Crippen molar-refractivity contribution in [1.82, 2.24) is 14.5 Å². The second-order valence-corrected chi connectivity index (χ2v) is 5.16. The second-order valence-electron chi connectivity index (χ2n) is 4.17. The molecule has 0 atom stereocenters. The average molecular weight is 278 g/mol. The summed E-state index contributed by atoms with van der Waals surface area (Å²) >= 11 is 7.60. The number of para-hydroxylation sites is 1. The van der Waals surface area contributed by atoms with Gasteiger partial charge in [-0.25, -0.2) is 9.97 Å². The molecule has 2 aromatic heterocycles. The summed E-state index contributed by atoms with van der Waals surface area (Å²) in [5.41, 5.74) is 6.27. The van der Waals surface area contributed by atoms with E-state index in [4.69, 9.17) is 11.6 Å². The minimum Gasteiger partial charge on any atom is -0.321 e. The molecule has 0 bridgehead atoms. The first kappa shape index (κ1) is 11.7. The van der Waals surface area contributed by atoms with Crippen molar-refractivity contribution < 1.29 is 0 Å². The van der Waals surface area contributed by atoms with Crippen LogP contribution in [-0.4, -0.2) is 14.5 Å². The molecule has 0 amide bonds. The standard InChI is InChI=1S/C13H12ClN3S/c1-9-3-2-4-11-13(9)17(12(5-14)16-11)6-10-7-18-8-15-10/h2-4,7-8H,5-6H2,1H3. The van der Waals surface area contributed by atoms with E-state index in [-0.39, 0.29) is 0 Å². The lowest BCUT2D eigenvalue weighted by Crippen LogP contribution is -2.04. The maximum absolute atomic E-state index is 5.99. The van der Waals surface area contributed by atoms with Gasteiger partial charge in [0.15, 0.2) is 0 Å². The van der Waals surface area contributed by atoms with Gasteiger partial charge in [-0.2, -0.15) is 0 Å². The predicted molar refractivity (Wildman–Crippen MR) is 75.2 cm³/mol. The number of aromatic nitrogens is 3. The summed E-state index contributed by atoms with van der Waals surface area (Å²) in [6.45, 7) is 2.83. The van der Waals surface area contributed by atoms with Crippen LogP contribution in [0.4, 0.5) is 0 Å². The third kappa shape index (κ3) is 1.91. The summed E-state index contributed by atoms with van der Waals surface area (Å²) in [5, 5.41) is 2.06. The van der Waals surface area contributed by atoms with E-state index in [0.717, 1.165) is 29.1 Å². The van der Waals surface area contributed by atoms with E-state index in [1.54, 1.807) is 11.3 Å². The Balaban J connectivity index is 2.19. The number of fused-ring (bicyclic) bond motifs is 1. The highest BCUT2D eigenvalue weighted by atomic mass is 35.5. The van der Waals surface area contributed by atoms with Crippen LogP contribution in [0.25, 0.3) is 11.0 Å². The number of nitrogens with zero attached hydrogens (tertiary/aromatic N) is 3. The van der Waals surface area contributed by atoms with Gasteiger partial charge in [0.2, 0.25) is 0 Å². The molecule has 2 heterocycles. The quantitative estimate of drug-likeness (QED) is 0.685. The van der Waals surface area contributed by atoms with E-state index in [2.05, 4.69) is 32.9 Å². The van der Waals surface area contributed by atoms with Crippen molar-refractivity contribution >= 4 is 34.0 Å². The fourth-order valence-corrected chi connectivity index (χ4v) is 2.92. The van der Waals surface area contributed by atoms with Crippen LogP contribution in [0.5, 0.6) is 0 Å². The molecular formula is C13H12ClN3S. The molecule has 0 unspecified atom stereocenters. The third-order valence-electron chi connectivity index (χ3n) is 2.97. The Bertz CT molecular complexity index is 673. The first-order valence-corrected chi connectivity index (χ1v) is 7.15. The molecule has 0 fully saturated rings. The Kier molecular flexibility index (Phi) is 3.06. The van der Waals surface area contributed by atoms with Gasteiger partial charge in [-0.1, -0.05) is 12.1 Å². The van der Waals surface area contributed by atoms with Crippen LogP contribution in [0.3, 0.4) is 0 Å². The van der Waals surface area contributed by atoms with Gasteiger partial charge in [-0.05, 0) is 18.6 Å². The molecule has 3 aromatic rings. The van der Waals surface area contributed by atoms with Crippen LogP contribution in [0.1, 0.15) is 17.1 Å². The number of halogens is 1. The molecule has 0 aliphatic rings. The number of imidazole rings is 1. The van der Waals surface area contributed by atoms with Crippen LogP contribution in [0.2, 0.25) is 0 Å². The number of hydrogen-bond donors (Lipinski definition) is 0. The third-order valence-corrected chi connectivity index (χ3v) is 3.84. The van der Waals surface area contributed by atoms with Crippen molar-refractivity contribution in [3.8, 4) is 0 Å². The number of thiazole rings is 1. The summed E-state index contributed by atoms with van der Waals surface area (Å²) < 4.78 is 2.16. The molecule has 0 N–H and O–H groups in total. The molecule has 92 valence electrons. The number of rotatable bonds is 3. The Morgan fingerprint density at radius 2 is 2.28 bits per heavy atom. The summed E-state index contributed by atoms with van der Waals surface area (Å²) in [4.78, 5) is 8.91. The average Bonchev–Trinajstić information content (AvgIpc) is 2.98. The van der Waals surface area contributed by atoms with Gasteiger partial charge in [0, 0.05) is 5.38 Å². The summed E-state index contributed by atoms with van der Waals surface area (Å²) in [6, 6.07) is 6.14. The normalized spacial score (nSPS) is 11.2. The molecule has 3 nitrogen and oxygen atoms in total. The highest BCUT2D eigenvalue weighted by Gasteiger charge is 2.12. The molecule has 0 radical (unpaired) electrons. The summed E-state index contributed by atoms with van der Waals surface area (Å²) in [5.74, 6) is 1.31. The van der Waals surface area contributed by atoms with E-state index < -0.39 is 0 Å². The van der Waals surface area contributed by atoms with E-state index in [1.807, 2.05) is 17.6 Å². The van der Waals surface area contributed by atoms with Crippen LogP contribution in [0, 0.1) is 6.92 Å². The molecule has 0 spiro atoms. The Hall–Kier alpha value is -1.39. The predicted octanol–water partition coefficient (Wildman–Crippen LogP) is 3.59. The van der Waals surface area contributed by atoms with Crippen molar-refractivity contribution in [2.45, 2.75) is 19.3 Å². The number of aryl methyl sites for hydroxylation is 1. The first-order chi connectivity index (χ1) is 8.79. The van der Waals surface area contributed by atoms with Gasteiger partial charge in [0.25, 0.3) is 0 Å². The topological polar surface area (TPSA) is 30.7 Å². The molecule has 3 rings (SSSR count). The van der Waals surface area contributed by atoms with E-state index in [0.29, 0.717) is 5.88 Å². The van der Waals surface area contributed by atoms with Gasteiger partial charge >= 0.3 is 0 Å². The fourth-order valence-electron chi connectivity index (χ4n) is 2.16. The zero-order valence-corrected chi connectivity index (χ0v) is 11.5. The number of benzene rings is 1. The molecule has 0 aliphatic heterocycles. The molecule has 18 heavy (non-hydrogen) atoms. The SMILES string of the molecule is Cc1cccc2nc(CCl)n(Cc3cscn3)c12. The zero-order valence-electron chi connectivity index (χ0n) is 9.93. The molecule has 5 heteroatoms. The van der Waals surface area contributed by atoms with Gasteiger partial charge in [-0.3, -0.25) is 0 Å². The highest BCUT2D eigenvalue weighted by molar-refractivity contribution is 7.07. The van der Waals surface area contributed by atoms with Crippen LogP contribution < -0.4 is 0 Å². The lowest BCUT2D eigenvalue weighted by atomic mass is 10.2. The van der Waals surface area contributed by atoms with E-state index in [9.17, 15) is 0 Å². The second kappa shape index (κ2) is 4.71. The summed E-state index contributed by atoms with van der Waals surface area (Å²) in [6.07, 6.45) is 0. The van der Waals surface area contributed by atoms with Gasteiger partial charge in [-0.15, -0.1) is 22.9 Å². The maximum Gasteiger partial charge on any atom is 0.125 e. The monoisotopic (exact) mass is 277 g/mol. The molecule has 0 saturated carbocycles. The maximum atomic E-state index is 5.99. The highest BCUT2D eigenvalue weighted by Crippen LogP contribution is 2.22. The van der Waals surface area contributed by atoms with E-state index >= 15 is 0 Å². The van der Waals surface area contributed by atoms with Crippen molar-refractivity contribution in [2.75, 3.05) is 0 Å². The van der Waals surface area contributed by atoms with Crippen molar-refractivity contribution in [1.29, 1.82) is 0 Å². The van der Waals surface area contributed by atoms with Crippen molar-refractivity contribution in [2.24, 2.45) is 0 Å². The van der Waals surface area contributed by atoms with Crippen molar-refractivity contribution in [3.63, 3.8) is 0 Å². The molecule has 1 aromatic carbocycles. The van der Waals surface area contributed by atoms with E-state index in [1.165, 1.54) is 5.56 Å². The smallest absolute Gasteiger partial charge is 0.125 e. The Morgan fingerprint density at radius 1 is 1.39 bits per heavy atom. The molecule has 0 aliphatic carbocycles. The summed E-state index contributed by atoms with van der Waals surface area (Å²) in [7, 11) is 0. The van der Waals surface area contributed by atoms with Crippen LogP contribution in [0.15, 0.2) is 29.1 Å². The van der Waals surface area contributed by atoms with Gasteiger partial charge in [0.05, 0.1) is 34.7 Å².